The molecule has 3 heteroatoms. The van der Waals surface area contributed by atoms with Gasteiger partial charge in [0, 0.05) is 18.3 Å². The van der Waals surface area contributed by atoms with Crippen LogP contribution in [0.5, 0.6) is 5.75 Å². The molecule has 0 aliphatic heterocycles. The van der Waals surface area contributed by atoms with Gasteiger partial charge in [-0.25, -0.2) is 4.98 Å². The van der Waals surface area contributed by atoms with Crippen LogP contribution in [0.15, 0.2) is 24.5 Å². The highest BCUT2D eigenvalue weighted by Gasteiger charge is 2.28. The van der Waals surface area contributed by atoms with Gasteiger partial charge >= 0.3 is 0 Å². The highest BCUT2D eigenvalue weighted by atomic mass is 16.3. The monoisotopic (exact) mass is 228 g/mol. The normalized spacial score (nSPS) is 15.2. The number of imidazole rings is 1. The number of phenols is 1. The zero-order valence-corrected chi connectivity index (χ0v) is 10.1. The Labute approximate surface area is 101 Å². The minimum atomic E-state index is 0.360. The van der Waals surface area contributed by atoms with E-state index in [0.717, 1.165) is 22.6 Å². The molecule has 2 aromatic rings. The summed E-state index contributed by atoms with van der Waals surface area (Å²) in [6.07, 6.45) is 6.35. The topological polar surface area (TPSA) is 38.0 Å². The van der Waals surface area contributed by atoms with Gasteiger partial charge in [-0.1, -0.05) is 0 Å². The lowest BCUT2D eigenvalue weighted by Gasteiger charge is -2.13. The van der Waals surface area contributed by atoms with Gasteiger partial charge in [-0.2, -0.15) is 0 Å². The van der Waals surface area contributed by atoms with E-state index in [9.17, 15) is 5.11 Å². The second-order valence-corrected chi connectivity index (χ2v) is 4.78. The molecule has 0 bridgehead atoms. The Morgan fingerprint density at radius 2 is 2.00 bits per heavy atom. The standard InChI is InChI=1S/C14H16N2O/c1-9-10(2)13(17)6-5-12(9)16-8-7-15-14(16)11-3-4-11/h5-8,11,17H,3-4H2,1-2H3. The first-order valence-electron chi connectivity index (χ1n) is 6.01. The molecule has 1 aromatic heterocycles. The first kappa shape index (κ1) is 10.4. The third-order valence-electron chi connectivity index (χ3n) is 3.60. The number of aromatic nitrogens is 2. The van der Waals surface area contributed by atoms with Crippen LogP contribution in [0.1, 0.15) is 35.7 Å². The maximum Gasteiger partial charge on any atom is 0.118 e. The number of aromatic hydroxyl groups is 1. The van der Waals surface area contributed by atoms with E-state index in [1.165, 1.54) is 12.8 Å². The fourth-order valence-electron chi connectivity index (χ4n) is 2.22. The van der Waals surface area contributed by atoms with E-state index in [1.807, 2.05) is 32.3 Å². The first-order valence-corrected chi connectivity index (χ1v) is 6.01. The van der Waals surface area contributed by atoms with Crippen molar-refractivity contribution in [2.45, 2.75) is 32.6 Å². The van der Waals surface area contributed by atoms with Crippen LogP contribution >= 0.6 is 0 Å². The van der Waals surface area contributed by atoms with Gasteiger partial charge in [-0.15, -0.1) is 0 Å². The van der Waals surface area contributed by atoms with Gasteiger partial charge in [-0.05, 0) is 49.9 Å². The molecule has 1 fully saturated rings. The fourth-order valence-corrected chi connectivity index (χ4v) is 2.22. The van der Waals surface area contributed by atoms with Crippen molar-refractivity contribution in [3.63, 3.8) is 0 Å². The second-order valence-electron chi connectivity index (χ2n) is 4.78. The third kappa shape index (κ3) is 1.62. The van der Waals surface area contributed by atoms with Crippen molar-refractivity contribution >= 4 is 0 Å². The third-order valence-corrected chi connectivity index (χ3v) is 3.60. The van der Waals surface area contributed by atoms with Crippen molar-refractivity contribution in [3.05, 3.63) is 41.5 Å². The lowest BCUT2D eigenvalue weighted by atomic mass is 10.1. The molecule has 3 nitrogen and oxygen atoms in total. The molecule has 0 atom stereocenters. The molecular weight excluding hydrogens is 212 g/mol. The molecule has 1 aliphatic rings. The summed E-state index contributed by atoms with van der Waals surface area (Å²) in [5, 5.41) is 9.69. The van der Waals surface area contributed by atoms with E-state index in [-0.39, 0.29) is 0 Å². The van der Waals surface area contributed by atoms with Gasteiger partial charge in [0.1, 0.15) is 11.6 Å². The molecule has 3 rings (SSSR count). The van der Waals surface area contributed by atoms with Crippen LogP contribution in [0.4, 0.5) is 0 Å². The summed E-state index contributed by atoms with van der Waals surface area (Å²) in [7, 11) is 0. The lowest BCUT2D eigenvalue weighted by molar-refractivity contribution is 0.470. The zero-order valence-electron chi connectivity index (χ0n) is 10.1. The van der Waals surface area contributed by atoms with E-state index in [2.05, 4.69) is 9.55 Å². The SMILES string of the molecule is Cc1c(O)ccc(-n2ccnc2C2CC2)c1C. The summed E-state index contributed by atoms with van der Waals surface area (Å²) in [5.74, 6) is 2.14. The Hall–Kier alpha value is -1.77. The molecule has 0 unspecified atom stereocenters. The number of nitrogens with zero attached hydrogens (tertiary/aromatic N) is 2. The van der Waals surface area contributed by atoms with E-state index in [1.54, 1.807) is 6.07 Å². The van der Waals surface area contributed by atoms with E-state index in [4.69, 9.17) is 0 Å². The fraction of sp³-hybridized carbons (Fsp3) is 0.357. The van der Waals surface area contributed by atoms with Gasteiger partial charge in [0.25, 0.3) is 0 Å². The van der Waals surface area contributed by atoms with Crippen molar-refractivity contribution in [3.8, 4) is 11.4 Å². The Morgan fingerprint density at radius 3 is 2.71 bits per heavy atom. The van der Waals surface area contributed by atoms with Gasteiger partial charge < -0.3 is 9.67 Å². The van der Waals surface area contributed by atoms with Crippen LogP contribution in [0.3, 0.4) is 0 Å². The average Bonchev–Trinajstić information content (AvgIpc) is 3.06. The highest BCUT2D eigenvalue weighted by molar-refractivity contribution is 5.51. The molecule has 88 valence electrons. The summed E-state index contributed by atoms with van der Waals surface area (Å²) in [5.41, 5.74) is 3.18. The highest BCUT2D eigenvalue weighted by Crippen LogP contribution is 2.40. The van der Waals surface area contributed by atoms with Crippen LogP contribution in [0, 0.1) is 13.8 Å². The maximum absolute atomic E-state index is 9.69. The molecule has 0 saturated heterocycles. The average molecular weight is 228 g/mol. The largest absolute Gasteiger partial charge is 0.508 e. The maximum atomic E-state index is 9.69. The van der Waals surface area contributed by atoms with Crippen molar-refractivity contribution in [2.24, 2.45) is 0 Å². The quantitative estimate of drug-likeness (QED) is 0.857. The molecule has 1 heterocycles. The zero-order chi connectivity index (χ0) is 12.0. The van der Waals surface area contributed by atoms with Crippen molar-refractivity contribution in [2.75, 3.05) is 0 Å². The number of hydrogen-bond acceptors (Lipinski definition) is 2. The van der Waals surface area contributed by atoms with Gasteiger partial charge in [0.05, 0.1) is 5.69 Å². The number of rotatable bonds is 2. The van der Waals surface area contributed by atoms with Crippen molar-refractivity contribution in [1.29, 1.82) is 0 Å². The minimum absolute atomic E-state index is 0.360. The molecule has 1 N–H and O–H groups in total. The van der Waals surface area contributed by atoms with E-state index >= 15 is 0 Å². The summed E-state index contributed by atoms with van der Waals surface area (Å²) in [6, 6.07) is 3.72. The van der Waals surface area contributed by atoms with Crippen molar-refractivity contribution in [1.82, 2.24) is 9.55 Å². The Balaban J connectivity index is 2.15. The molecular formula is C14H16N2O. The number of phenolic OH excluding ortho intramolecular Hbond substituents is 1. The Bertz CT molecular complexity index is 568. The molecule has 1 aliphatic carbocycles. The van der Waals surface area contributed by atoms with Crippen LogP contribution in [0.2, 0.25) is 0 Å². The van der Waals surface area contributed by atoms with Crippen LogP contribution in [0.25, 0.3) is 5.69 Å². The molecule has 0 radical (unpaired) electrons. The van der Waals surface area contributed by atoms with Gasteiger partial charge in [0.2, 0.25) is 0 Å². The first-order chi connectivity index (χ1) is 8.18. The second kappa shape index (κ2) is 3.62. The summed E-state index contributed by atoms with van der Waals surface area (Å²) in [6.45, 7) is 3.99. The molecule has 0 amide bonds. The van der Waals surface area contributed by atoms with Crippen molar-refractivity contribution < 1.29 is 5.11 Å². The number of hydrogen-bond donors (Lipinski definition) is 1. The van der Waals surface area contributed by atoms with Crippen LogP contribution < -0.4 is 0 Å². The Morgan fingerprint density at radius 1 is 1.24 bits per heavy atom. The Kier molecular flexibility index (Phi) is 2.21. The minimum Gasteiger partial charge on any atom is -0.508 e. The summed E-state index contributed by atoms with van der Waals surface area (Å²) < 4.78 is 2.15. The lowest BCUT2D eigenvalue weighted by Crippen LogP contribution is -2.02. The van der Waals surface area contributed by atoms with E-state index in [0.29, 0.717) is 11.7 Å². The van der Waals surface area contributed by atoms with Gasteiger partial charge in [0.15, 0.2) is 0 Å². The molecule has 17 heavy (non-hydrogen) atoms. The van der Waals surface area contributed by atoms with Gasteiger partial charge in [-0.3, -0.25) is 0 Å². The van der Waals surface area contributed by atoms with Crippen LogP contribution in [-0.4, -0.2) is 14.7 Å². The smallest absolute Gasteiger partial charge is 0.118 e. The molecule has 0 spiro atoms. The molecule has 1 saturated carbocycles. The predicted octanol–water partition coefficient (Wildman–Crippen LogP) is 3.07. The predicted molar refractivity (Wildman–Crippen MR) is 66.7 cm³/mol. The summed E-state index contributed by atoms with van der Waals surface area (Å²) >= 11 is 0. The van der Waals surface area contributed by atoms with Crippen LogP contribution in [-0.2, 0) is 0 Å². The molecule has 1 aromatic carbocycles. The summed E-state index contributed by atoms with van der Waals surface area (Å²) in [4.78, 5) is 4.45. The number of benzene rings is 1. The van der Waals surface area contributed by atoms with E-state index < -0.39 is 0 Å².